The van der Waals surface area contributed by atoms with Crippen LogP contribution >= 0.6 is 11.8 Å². The molecule has 0 bridgehead atoms. The number of aromatic nitrogens is 4. The van der Waals surface area contributed by atoms with Gasteiger partial charge in [0.2, 0.25) is 0 Å². The SMILES string of the molecule is CC(C)Sc1nc(N2CCOCC2)c2cnn(CCNC(=O)c3ccc(C(C)(C)C)cc3)c2n1. The van der Waals surface area contributed by atoms with Crippen molar-refractivity contribution >= 4 is 34.5 Å². The number of carbonyl (C=O) groups is 1. The van der Waals surface area contributed by atoms with E-state index in [4.69, 9.17) is 14.7 Å². The van der Waals surface area contributed by atoms with Crippen LogP contribution in [-0.4, -0.2) is 63.8 Å². The third-order valence-corrected chi connectivity index (χ3v) is 6.59. The van der Waals surface area contributed by atoms with Gasteiger partial charge in [-0.3, -0.25) is 4.79 Å². The van der Waals surface area contributed by atoms with E-state index in [0.29, 0.717) is 37.1 Å². The number of hydrogen-bond donors (Lipinski definition) is 1. The summed E-state index contributed by atoms with van der Waals surface area (Å²) in [4.78, 5) is 24.5. The minimum absolute atomic E-state index is 0.0603. The van der Waals surface area contributed by atoms with E-state index in [1.54, 1.807) is 11.8 Å². The molecule has 1 amide bonds. The van der Waals surface area contributed by atoms with Crippen LogP contribution in [0.15, 0.2) is 35.6 Å². The van der Waals surface area contributed by atoms with Crippen molar-refractivity contribution in [3.8, 4) is 0 Å². The molecule has 4 rings (SSSR count). The highest BCUT2D eigenvalue weighted by molar-refractivity contribution is 7.99. The second-order valence-corrected chi connectivity index (χ2v) is 11.3. The molecule has 0 atom stereocenters. The predicted molar refractivity (Wildman–Crippen MR) is 137 cm³/mol. The predicted octanol–water partition coefficient (Wildman–Crippen LogP) is 3.89. The van der Waals surface area contributed by atoms with Crippen molar-refractivity contribution in [2.45, 2.75) is 57.0 Å². The van der Waals surface area contributed by atoms with Gasteiger partial charge < -0.3 is 15.0 Å². The van der Waals surface area contributed by atoms with Gasteiger partial charge in [-0.1, -0.05) is 58.5 Å². The van der Waals surface area contributed by atoms with E-state index in [1.807, 2.05) is 35.1 Å². The van der Waals surface area contributed by atoms with Gasteiger partial charge in [0, 0.05) is 30.4 Å². The van der Waals surface area contributed by atoms with E-state index in [1.165, 1.54) is 5.56 Å². The average Bonchev–Trinajstić information content (AvgIpc) is 3.21. The van der Waals surface area contributed by atoms with Crippen molar-refractivity contribution in [3.05, 3.63) is 41.6 Å². The van der Waals surface area contributed by atoms with Crippen LogP contribution in [0.4, 0.5) is 5.82 Å². The number of nitrogens with one attached hydrogen (secondary N) is 1. The molecule has 1 aromatic carbocycles. The Hall–Kier alpha value is -2.65. The van der Waals surface area contributed by atoms with Crippen LogP contribution in [0.25, 0.3) is 11.0 Å². The molecule has 0 aliphatic carbocycles. The van der Waals surface area contributed by atoms with Crippen LogP contribution < -0.4 is 10.2 Å². The molecular weight excluding hydrogens is 448 g/mol. The largest absolute Gasteiger partial charge is 0.378 e. The third kappa shape index (κ3) is 5.70. The molecule has 3 aromatic rings. The first kappa shape index (κ1) is 24.5. The first-order valence-electron chi connectivity index (χ1n) is 11.8. The van der Waals surface area contributed by atoms with Crippen molar-refractivity contribution in [3.63, 3.8) is 0 Å². The van der Waals surface area contributed by atoms with E-state index in [0.717, 1.165) is 35.1 Å². The Kier molecular flexibility index (Phi) is 7.42. The molecule has 0 saturated carbocycles. The maximum atomic E-state index is 12.6. The summed E-state index contributed by atoms with van der Waals surface area (Å²) in [6.07, 6.45) is 1.83. The van der Waals surface area contributed by atoms with Crippen LogP contribution in [0, 0.1) is 0 Å². The Morgan fingerprint density at radius 3 is 2.50 bits per heavy atom. The Bertz CT molecular complexity index is 1130. The molecule has 3 heterocycles. The van der Waals surface area contributed by atoms with Gasteiger partial charge in [-0.05, 0) is 23.1 Å². The van der Waals surface area contributed by atoms with Gasteiger partial charge in [0.25, 0.3) is 5.91 Å². The van der Waals surface area contributed by atoms with E-state index in [2.05, 4.69) is 49.9 Å². The molecule has 182 valence electrons. The maximum absolute atomic E-state index is 12.6. The zero-order valence-corrected chi connectivity index (χ0v) is 21.5. The van der Waals surface area contributed by atoms with Crippen molar-refractivity contribution in [1.29, 1.82) is 0 Å². The zero-order chi connectivity index (χ0) is 24.3. The minimum atomic E-state index is -0.0865. The molecule has 1 fully saturated rings. The van der Waals surface area contributed by atoms with Crippen LogP contribution in [0.2, 0.25) is 0 Å². The van der Waals surface area contributed by atoms with Gasteiger partial charge in [-0.15, -0.1) is 0 Å². The Morgan fingerprint density at radius 1 is 1.15 bits per heavy atom. The summed E-state index contributed by atoms with van der Waals surface area (Å²) in [7, 11) is 0. The second-order valence-electron chi connectivity index (χ2n) is 9.78. The summed E-state index contributed by atoms with van der Waals surface area (Å²) in [6, 6.07) is 7.81. The van der Waals surface area contributed by atoms with Gasteiger partial charge in [0.05, 0.1) is 31.3 Å². The molecule has 1 aliphatic rings. The lowest BCUT2D eigenvalue weighted by molar-refractivity contribution is 0.0952. The lowest BCUT2D eigenvalue weighted by atomic mass is 9.87. The smallest absolute Gasteiger partial charge is 0.251 e. The fourth-order valence-electron chi connectivity index (χ4n) is 3.86. The van der Waals surface area contributed by atoms with Crippen molar-refractivity contribution < 1.29 is 9.53 Å². The first-order chi connectivity index (χ1) is 16.2. The fourth-order valence-corrected chi connectivity index (χ4v) is 4.56. The Labute approximate surface area is 205 Å². The van der Waals surface area contributed by atoms with Crippen molar-refractivity contribution in [2.24, 2.45) is 0 Å². The van der Waals surface area contributed by atoms with E-state index in [-0.39, 0.29) is 11.3 Å². The highest BCUT2D eigenvalue weighted by Crippen LogP contribution is 2.29. The molecule has 0 spiro atoms. The van der Waals surface area contributed by atoms with Crippen LogP contribution in [0.3, 0.4) is 0 Å². The van der Waals surface area contributed by atoms with Crippen molar-refractivity contribution in [2.75, 3.05) is 37.7 Å². The number of carbonyl (C=O) groups excluding carboxylic acids is 1. The van der Waals surface area contributed by atoms with Gasteiger partial charge in [-0.25, -0.2) is 14.6 Å². The summed E-state index contributed by atoms with van der Waals surface area (Å²) in [5.41, 5.74) is 2.72. The standard InChI is InChI=1S/C25H34N6O2S/c1-17(2)34-24-28-21(30-12-14-33-15-13-30)20-16-27-31(22(20)29-24)11-10-26-23(32)18-6-8-19(9-7-18)25(3,4)5/h6-9,16-17H,10-15H2,1-5H3,(H,26,32). The second kappa shape index (κ2) is 10.3. The molecule has 8 nitrogen and oxygen atoms in total. The Balaban J connectivity index is 1.49. The first-order valence-corrected chi connectivity index (χ1v) is 12.7. The number of amides is 1. The molecule has 1 N–H and O–H groups in total. The zero-order valence-electron chi connectivity index (χ0n) is 20.7. The number of thioether (sulfide) groups is 1. The minimum Gasteiger partial charge on any atom is -0.378 e. The molecule has 9 heteroatoms. The van der Waals surface area contributed by atoms with Gasteiger partial charge >= 0.3 is 0 Å². The van der Waals surface area contributed by atoms with Crippen molar-refractivity contribution in [1.82, 2.24) is 25.1 Å². The molecule has 1 saturated heterocycles. The van der Waals surface area contributed by atoms with Crippen LogP contribution in [-0.2, 0) is 16.7 Å². The lowest BCUT2D eigenvalue weighted by Gasteiger charge is -2.28. The number of fused-ring (bicyclic) bond motifs is 1. The van der Waals surface area contributed by atoms with Crippen LogP contribution in [0.1, 0.15) is 50.5 Å². The average molecular weight is 483 g/mol. The third-order valence-electron chi connectivity index (χ3n) is 5.73. The summed E-state index contributed by atoms with van der Waals surface area (Å²) < 4.78 is 7.37. The monoisotopic (exact) mass is 482 g/mol. The molecule has 0 unspecified atom stereocenters. The fraction of sp³-hybridized carbons (Fsp3) is 0.520. The van der Waals surface area contributed by atoms with Gasteiger partial charge in [0.15, 0.2) is 10.8 Å². The van der Waals surface area contributed by atoms with Crippen LogP contribution in [0.5, 0.6) is 0 Å². The maximum Gasteiger partial charge on any atom is 0.251 e. The number of rotatable bonds is 7. The summed E-state index contributed by atoms with van der Waals surface area (Å²) >= 11 is 1.64. The summed E-state index contributed by atoms with van der Waals surface area (Å²) in [5.74, 6) is 0.822. The van der Waals surface area contributed by atoms with E-state index >= 15 is 0 Å². The number of nitrogens with zero attached hydrogens (tertiary/aromatic N) is 5. The molecular formula is C25H34N6O2S. The highest BCUT2D eigenvalue weighted by Gasteiger charge is 2.21. The topological polar surface area (TPSA) is 85.2 Å². The van der Waals surface area contributed by atoms with E-state index in [9.17, 15) is 4.79 Å². The van der Waals surface area contributed by atoms with Gasteiger partial charge in [0.1, 0.15) is 5.82 Å². The molecule has 2 aromatic heterocycles. The Morgan fingerprint density at radius 2 is 1.85 bits per heavy atom. The quantitative estimate of drug-likeness (QED) is 0.404. The lowest BCUT2D eigenvalue weighted by Crippen LogP contribution is -2.37. The summed E-state index contributed by atoms with van der Waals surface area (Å²) in [5, 5.41) is 9.63. The molecule has 1 aliphatic heterocycles. The number of anilines is 1. The van der Waals surface area contributed by atoms with Gasteiger partial charge in [-0.2, -0.15) is 5.10 Å². The highest BCUT2D eigenvalue weighted by atomic mass is 32.2. The number of hydrogen-bond acceptors (Lipinski definition) is 7. The summed E-state index contributed by atoms with van der Waals surface area (Å²) in [6.45, 7) is 14.7. The number of ether oxygens (including phenoxy) is 1. The molecule has 34 heavy (non-hydrogen) atoms. The number of benzene rings is 1. The normalized spacial score (nSPS) is 14.7. The van der Waals surface area contributed by atoms with E-state index < -0.39 is 0 Å². The molecule has 0 radical (unpaired) electrons. The number of morpholine rings is 1.